The highest BCUT2D eigenvalue weighted by Crippen LogP contribution is 2.23. The van der Waals surface area contributed by atoms with Gasteiger partial charge in [-0.1, -0.05) is 29.8 Å². The first kappa shape index (κ1) is 18.9. The quantitative estimate of drug-likeness (QED) is 0.524. The molecule has 6 heteroatoms. The van der Waals surface area contributed by atoms with Crippen molar-refractivity contribution >= 4 is 17.6 Å². The standard InChI is InChI=1S/C19H24ClN3O2/c1-21-19(22-11-9-14-3-6-16(20)7-4-14)23-12-10-15-5-8-17(25-2)13-18(15)24/h3-8,13,24H,9-12H2,1-2H3,(H2,21,22,23). The van der Waals surface area contributed by atoms with Gasteiger partial charge in [-0.2, -0.15) is 0 Å². The third-order valence-corrected chi connectivity index (χ3v) is 4.07. The molecule has 0 aliphatic rings. The van der Waals surface area contributed by atoms with E-state index < -0.39 is 0 Å². The first-order chi connectivity index (χ1) is 12.1. The monoisotopic (exact) mass is 361 g/mol. The predicted molar refractivity (Wildman–Crippen MR) is 103 cm³/mol. The fraction of sp³-hybridized carbons (Fsp3) is 0.316. The SMILES string of the molecule is CN=C(NCCc1ccc(Cl)cc1)NCCc1ccc(OC)cc1O. The molecule has 3 N–H and O–H groups in total. The number of nitrogens with one attached hydrogen (secondary N) is 2. The summed E-state index contributed by atoms with van der Waals surface area (Å²) in [5.41, 5.74) is 2.08. The maximum Gasteiger partial charge on any atom is 0.190 e. The lowest BCUT2D eigenvalue weighted by molar-refractivity contribution is 0.406. The summed E-state index contributed by atoms with van der Waals surface area (Å²) in [6, 6.07) is 13.2. The van der Waals surface area contributed by atoms with Crippen molar-refractivity contribution in [2.75, 3.05) is 27.2 Å². The van der Waals surface area contributed by atoms with Crippen molar-refractivity contribution < 1.29 is 9.84 Å². The van der Waals surface area contributed by atoms with Gasteiger partial charge in [0.25, 0.3) is 0 Å². The molecule has 134 valence electrons. The van der Waals surface area contributed by atoms with Crippen LogP contribution in [0.1, 0.15) is 11.1 Å². The predicted octanol–water partition coefficient (Wildman–Crippen LogP) is 3.00. The van der Waals surface area contributed by atoms with Crippen LogP contribution in [0.25, 0.3) is 0 Å². The number of aromatic hydroxyl groups is 1. The Morgan fingerprint density at radius 3 is 2.36 bits per heavy atom. The molecule has 0 atom stereocenters. The molecule has 5 nitrogen and oxygen atoms in total. The number of hydrogen-bond acceptors (Lipinski definition) is 3. The first-order valence-electron chi connectivity index (χ1n) is 8.17. The van der Waals surface area contributed by atoms with Gasteiger partial charge in [-0.15, -0.1) is 0 Å². The van der Waals surface area contributed by atoms with E-state index in [2.05, 4.69) is 15.6 Å². The van der Waals surface area contributed by atoms with Gasteiger partial charge < -0.3 is 20.5 Å². The van der Waals surface area contributed by atoms with Gasteiger partial charge in [0, 0.05) is 31.2 Å². The second-order valence-electron chi connectivity index (χ2n) is 5.55. The summed E-state index contributed by atoms with van der Waals surface area (Å²) in [4.78, 5) is 4.21. The minimum atomic E-state index is 0.242. The van der Waals surface area contributed by atoms with Crippen molar-refractivity contribution in [3.8, 4) is 11.5 Å². The smallest absolute Gasteiger partial charge is 0.190 e. The summed E-state index contributed by atoms with van der Waals surface area (Å²) < 4.78 is 5.09. The Morgan fingerprint density at radius 1 is 1.08 bits per heavy atom. The van der Waals surface area contributed by atoms with Crippen LogP contribution in [0, 0.1) is 0 Å². The summed E-state index contributed by atoms with van der Waals surface area (Å²) >= 11 is 5.88. The Morgan fingerprint density at radius 2 is 1.76 bits per heavy atom. The lowest BCUT2D eigenvalue weighted by atomic mass is 10.1. The van der Waals surface area contributed by atoms with E-state index in [1.165, 1.54) is 5.56 Å². The van der Waals surface area contributed by atoms with Crippen molar-refractivity contribution in [3.05, 3.63) is 58.6 Å². The summed E-state index contributed by atoms with van der Waals surface area (Å²) in [6.45, 7) is 1.44. The van der Waals surface area contributed by atoms with Crippen molar-refractivity contribution in [1.29, 1.82) is 0 Å². The van der Waals surface area contributed by atoms with Crippen molar-refractivity contribution in [1.82, 2.24) is 10.6 Å². The number of aliphatic imine (C=N–C) groups is 1. The molecule has 2 aromatic rings. The molecule has 0 aliphatic heterocycles. The van der Waals surface area contributed by atoms with Crippen LogP contribution in [0.2, 0.25) is 5.02 Å². The summed E-state index contributed by atoms with van der Waals surface area (Å²) in [5.74, 6) is 1.63. The van der Waals surface area contributed by atoms with Crippen LogP contribution in [-0.2, 0) is 12.8 Å². The van der Waals surface area contributed by atoms with Crippen LogP contribution in [-0.4, -0.2) is 38.3 Å². The lowest BCUT2D eigenvalue weighted by Gasteiger charge is -2.12. The molecule has 0 bridgehead atoms. The van der Waals surface area contributed by atoms with E-state index >= 15 is 0 Å². The minimum Gasteiger partial charge on any atom is -0.508 e. The number of hydrogen-bond donors (Lipinski definition) is 3. The van der Waals surface area contributed by atoms with E-state index in [1.807, 2.05) is 36.4 Å². The van der Waals surface area contributed by atoms with Gasteiger partial charge in [0.2, 0.25) is 0 Å². The molecular formula is C19H24ClN3O2. The summed E-state index contributed by atoms with van der Waals surface area (Å²) in [5, 5.41) is 17.2. The third-order valence-electron chi connectivity index (χ3n) is 3.82. The molecule has 0 aliphatic carbocycles. The topological polar surface area (TPSA) is 65.9 Å². The molecule has 0 aromatic heterocycles. The fourth-order valence-electron chi connectivity index (χ4n) is 2.39. The average Bonchev–Trinajstić information content (AvgIpc) is 2.63. The number of guanidine groups is 1. The normalized spacial score (nSPS) is 11.2. The van der Waals surface area contributed by atoms with Crippen LogP contribution in [0.15, 0.2) is 47.5 Å². The van der Waals surface area contributed by atoms with Gasteiger partial charge in [-0.25, -0.2) is 0 Å². The highest BCUT2D eigenvalue weighted by Gasteiger charge is 2.04. The van der Waals surface area contributed by atoms with Crippen LogP contribution in [0.3, 0.4) is 0 Å². The number of phenols is 1. The van der Waals surface area contributed by atoms with Crippen LogP contribution in [0.5, 0.6) is 11.5 Å². The second-order valence-corrected chi connectivity index (χ2v) is 5.98. The summed E-state index contributed by atoms with van der Waals surface area (Å²) in [7, 11) is 3.32. The molecule has 0 heterocycles. The van der Waals surface area contributed by atoms with Gasteiger partial charge in [0.15, 0.2) is 5.96 Å². The van der Waals surface area contributed by atoms with Crippen molar-refractivity contribution in [2.45, 2.75) is 12.8 Å². The van der Waals surface area contributed by atoms with Crippen LogP contribution in [0.4, 0.5) is 0 Å². The maximum absolute atomic E-state index is 9.97. The molecule has 0 unspecified atom stereocenters. The Kier molecular flexibility index (Phi) is 7.41. The number of benzene rings is 2. The van der Waals surface area contributed by atoms with Gasteiger partial charge >= 0.3 is 0 Å². The Labute approximate surface area is 153 Å². The molecule has 25 heavy (non-hydrogen) atoms. The highest BCUT2D eigenvalue weighted by atomic mass is 35.5. The van der Waals surface area contributed by atoms with Gasteiger partial charge in [0.1, 0.15) is 11.5 Å². The number of methoxy groups -OCH3 is 1. The zero-order valence-corrected chi connectivity index (χ0v) is 15.3. The lowest BCUT2D eigenvalue weighted by Crippen LogP contribution is -2.39. The van der Waals surface area contributed by atoms with Gasteiger partial charge in [0.05, 0.1) is 7.11 Å². The van der Waals surface area contributed by atoms with E-state index in [9.17, 15) is 5.11 Å². The van der Waals surface area contributed by atoms with Gasteiger partial charge in [-0.3, -0.25) is 4.99 Å². The van der Waals surface area contributed by atoms with Crippen LogP contribution >= 0.6 is 11.6 Å². The van der Waals surface area contributed by atoms with Gasteiger partial charge in [-0.05, 0) is 42.2 Å². The Bertz CT molecular complexity index is 702. The molecule has 0 radical (unpaired) electrons. The molecule has 0 saturated carbocycles. The first-order valence-corrected chi connectivity index (χ1v) is 8.55. The zero-order chi connectivity index (χ0) is 18.1. The molecule has 0 spiro atoms. The molecular weight excluding hydrogens is 338 g/mol. The van der Waals surface area contributed by atoms with E-state index in [4.69, 9.17) is 16.3 Å². The van der Waals surface area contributed by atoms with Crippen molar-refractivity contribution in [2.24, 2.45) is 4.99 Å². The van der Waals surface area contributed by atoms with E-state index in [1.54, 1.807) is 20.2 Å². The maximum atomic E-state index is 9.97. The number of ether oxygens (including phenoxy) is 1. The van der Waals surface area contributed by atoms with Crippen molar-refractivity contribution in [3.63, 3.8) is 0 Å². The Hall–Kier alpha value is -2.40. The molecule has 0 saturated heterocycles. The summed E-state index contributed by atoms with van der Waals surface area (Å²) in [6.07, 6.45) is 1.57. The van der Waals surface area contributed by atoms with E-state index in [0.717, 1.165) is 29.5 Å². The number of halogens is 1. The number of nitrogens with zero attached hydrogens (tertiary/aromatic N) is 1. The third kappa shape index (κ3) is 6.19. The fourth-order valence-corrected chi connectivity index (χ4v) is 2.52. The minimum absolute atomic E-state index is 0.242. The number of phenolic OH excluding ortho intramolecular Hbond substituents is 1. The largest absolute Gasteiger partial charge is 0.508 e. The molecule has 0 fully saturated rings. The second kappa shape index (κ2) is 9.79. The highest BCUT2D eigenvalue weighted by molar-refractivity contribution is 6.30. The number of rotatable bonds is 7. The molecule has 0 amide bonds. The Balaban J connectivity index is 1.74. The van der Waals surface area contributed by atoms with E-state index in [0.29, 0.717) is 18.7 Å². The van der Waals surface area contributed by atoms with E-state index in [-0.39, 0.29) is 5.75 Å². The molecule has 2 aromatic carbocycles. The average molecular weight is 362 g/mol. The molecule has 2 rings (SSSR count). The zero-order valence-electron chi connectivity index (χ0n) is 14.6. The van der Waals surface area contributed by atoms with Crippen LogP contribution < -0.4 is 15.4 Å².